The van der Waals surface area contributed by atoms with Crippen molar-refractivity contribution in [3.63, 3.8) is 0 Å². The molecule has 108 valence electrons. The molecule has 0 heterocycles. The Morgan fingerprint density at radius 3 is 2.33 bits per heavy atom. The highest BCUT2D eigenvalue weighted by atomic mass is 79.9. The highest BCUT2D eigenvalue weighted by Crippen LogP contribution is 2.31. The molecule has 4 heteroatoms. The van der Waals surface area contributed by atoms with Gasteiger partial charge in [0.1, 0.15) is 5.75 Å². The quantitative estimate of drug-likeness (QED) is 0.678. The van der Waals surface area contributed by atoms with Gasteiger partial charge in [0.05, 0.1) is 18.1 Å². The molecule has 0 saturated carbocycles. The van der Waals surface area contributed by atoms with Gasteiger partial charge >= 0.3 is 0 Å². The topological polar surface area (TPSA) is 33.0 Å². The average molecular weight is 365 g/mol. The number of ether oxygens (including phenoxy) is 1. The van der Waals surface area contributed by atoms with E-state index in [-0.39, 0.29) is 0 Å². The molecule has 0 N–H and O–H groups in total. The third-order valence-corrected chi connectivity index (χ3v) is 4.59. The van der Waals surface area contributed by atoms with Crippen molar-refractivity contribution in [2.24, 2.45) is 0 Å². The van der Waals surface area contributed by atoms with Crippen molar-refractivity contribution in [3.8, 4) is 11.8 Å². The summed E-state index contributed by atoms with van der Waals surface area (Å²) in [5, 5.41) is 10.8. The summed E-state index contributed by atoms with van der Waals surface area (Å²) in [5.41, 5.74) is 0.335. The summed E-state index contributed by atoms with van der Waals surface area (Å²) < 4.78 is 5.71. The monoisotopic (exact) mass is 363 g/mol. The fraction of sp³-hybridized carbons (Fsp3) is 0.235. The van der Waals surface area contributed by atoms with Gasteiger partial charge in [-0.2, -0.15) is 5.26 Å². The van der Waals surface area contributed by atoms with Crippen LogP contribution in [0.4, 0.5) is 0 Å². The number of benzene rings is 2. The highest BCUT2D eigenvalue weighted by Gasteiger charge is 2.31. The third-order valence-electron chi connectivity index (χ3n) is 3.38. The van der Waals surface area contributed by atoms with E-state index < -0.39 is 5.41 Å². The van der Waals surface area contributed by atoms with Gasteiger partial charge in [-0.1, -0.05) is 57.9 Å². The van der Waals surface area contributed by atoms with Crippen LogP contribution in [0.15, 0.2) is 54.6 Å². The molecular formula is C17H15BrClNO. The number of halogens is 2. The van der Waals surface area contributed by atoms with Crippen LogP contribution in [-0.4, -0.2) is 11.9 Å². The van der Waals surface area contributed by atoms with Crippen molar-refractivity contribution in [2.45, 2.75) is 11.8 Å². The van der Waals surface area contributed by atoms with Crippen molar-refractivity contribution < 1.29 is 4.74 Å². The van der Waals surface area contributed by atoms with Crippen LogP contribution in [0.2, 0.25) is 5.02 Å². The van der Waals surface area contributed by atoms with Crippen molar-refractivity contribution in [2.75, 3.05) is 11.9 Å². The Morgan fingerprint density at radius 2 is 1.76 bits per heavy atom. The summed E-state index contributed by atoms with van der Waals surface area (Å²) in [6.07, 6.45) is 0.602. The second kappa shape index (κ2) is 7.49. The zero-order chi connectivity index (χ0) is 15.1. The van der Waals surface area contributed by atoms with Gasteiger partial charge in [0.15, 0.2) is 0 Å². The Bertz CT molecular complexity index is 609. The van der Waals surface area contributed by atoms with Crippen LogP contribution in [0.5, 0.6) is 5.75 Å². The maximum absolute atomic E-state index is 9.63. The van der Waals surface area contributed by atoms with Gasteiger partial charge in [-0.05, 0) is 29.8 Å². The predicted octanol–water partition coefficient (Wildman–Crippen LogP) is 4.97. The van der Waals surface area contributed by atoms with E-state index in [1.807, 2.05) is 54.6 Å². The minimum Gasteiger partial charge on any atom is -0.494 e. The molecule has 2 nitrogen and oxygen atoms in total. The molecule has 21 heavy (non-hydrogen) atoms. The lowest BCUT2D eigenvalue weighted by molar-refractivity contribution is 0.287. The van der Waals surface area contributed by atoms with Gasteiger partial charge in [-0.3, -0.25) is 0 Å². The van der Waals surface area contributed by atoms with Gasteiger partial charge in [0, 0.05) is 16.8 Å². The maximum atomic E-state index is 9.63. The number of hydrogen-bond acceptors (Lipinski definition) is 2. The fourth-order valence-corrected chi connectivity index (χ4v) is 2.92. The molecule has 0 spiro atoms. The van der Waals surface area contributed by atoms with Crippen molar-refractivity contribution >= 4 is 27.5 Å². The predicted molar refractivity (Wildman–Crippen MR) is 89.1 cm³/mol. The Morgan fingerprint density at radius 1 is 1.10 bits per heavy atom. The summed E-state index contributed by atoms with van der Waals surface area (Å²) in [5.74, 6) is 0.815. The number of rotatable bonds is 6. The van der Waals surface area contributed by atoms with E-state index in [9.17, 15) is 5.26 Å². The van der Waals surface area contributed by atoms with Gasteiger partial charge in [0.2, 0.25) is 0 Å². The summed E-state index contributed by atoms with van der Waals surface area (Å²) in [6, 6.07) is 19.4. The van der Waals surface area contributed by atoms with E-state index in [2.05, 4.69) is 22.0 Å². The van der Waals surface area contributed by atoms with Crippen LogP contribution in [-0.2, 0) is 5.41 Å². The van der Waals surface area contributed by atoms with Gasteiger partial charge < -0.3 is 4.74 Å². The molecule has 2 aromatic rings. The molecule has 2 aromatic carbocycles. The third kappa shape index (κ3) is 4.00. The van der Waals surface area contributed by atoms with E-state index in [1.54, 1.807) is 0 Å². The standard InChI is InChI=1S/C17H15BrClNO/c18-12-17(13-20,14-6-8-15(19)9-7-14)10-11-21-16-4-2-1-3-5-16/h1-9H,10-12H2. The zero-order valence-corrected chi connectivity index (χ0v) is 13.8. The van der Waals surface area contributed by atoms with Crippen molar-refractivity contribution in [1.82, 2.24) is 0 Å². The zero-order valence-electron chi connectivity index (χ0n) is 11.4. The Balaban J connectivity index is 2.08. The lowest BCUT2D eigenvalue weighted by Crippen LogP contribution is -2.28. The molecule has 0 aliphatic heterocycles. The van der Waals surface area contributed by atoms with Crippen LogP contribution in [0, 0.1) is 11.3 Å². The van der Waals surface area contributed by atoms with E-state index in [0.717, 1.165) is 11.3 Å². The summed E-state index contributed by atoms with van der Waals surface area (Å²) in [6.45, 7) is 0.478. The molecule has 1 atom stereocenters. The van der Waals surface area contributed by atoms with E-state index in [4.69, 9.17) is 16.3 Å². The molecule has 1 unspecified atom stereocenters. The number of nitrogens with zero attached hydrogens (tertiary/aromatic N) is 1. The SMILES string of the molecule is N#CC(CBr)(CCOc1ccccc1)c1ccc(Cl)cc1. The lowest BCUT2D eigenvalue weighted by Gasteiger charge is -2.25. The van der Waals surface area contributed by atoms with Crippen molar-refractivity contribution in [1.29, 1.82) is 5.26 Å². The summed E-state index contributed by atoms with van der Waals surface area (Å²) >= 11 is 9.38. The second-order valence-electron chi connectivity index (χ2n) is 4.75. The molecule has 0 amide bonds. The Hall–Kier alpha value is -1.50. The lowest BCUT2D eigenvalue weighted by atomic mass is 9.81. The minimum atomic E-state index is -0.612. The van der Waals surface area contributed by atoms with Gasteiger partial charge in [-0.25, -0.2) is 0 Å². The van der Waals surface area contributed by atoms with E-state index >= 15 is 0 Å². The van der Waals surface area contributed by atoms with Gasteiger partial charge in [0.25, 0.3) is 0 Å². The van der Waals surface area contributed by atoms with Crippen LogP contribution in [0.3, 0.4) is 0 Å². The number of hydrogen-bond donors (Lipinski definition) is 0. The molecule has 0 radical (unpaired) electrons. The van der Waals surface area contributed by atoms with Crippen LogP contribution < -0.4 is 4.74 Å². The van der Waals surface area contributed by atoms with Crippen LogP contribution >= 0.6 is 27.5 Å². The minimum absolute atomic E-state index is 0.478. The molecule has 0 bridgehead atoms. The smallest absolute Gasteiger partial charge is 0.119 e. The molecule has 0 aliphatic carbocycles. The first-order valence-corrected chi connectivity index (χ1v) is 8.11. The summed E-state index contributed by atoms with van der Waals surface area (Å²) in [7, 11) is 0. The molecule has 0 saturated heterocycles. The van der Waals surface area contributed by atoms with Gasteiger partial charge in [-0.15, -0.1) is 0 Å². The van der Waals surface area contributed by atoms with Crippen LogP contribution in [0.1, 0.15) is 12.0 Å². The number of nitriles is 1. The highest BCUT2D eigenvalue weighted by molar-refractivity contribution is 9.09. The second-order valence-corrected chi connectivity index (χ2v) is 5.74. The molecular weight excluding hydrogens is 350 g/mol. The number of alkyl halides is 1. The fourth-order valence-electron chi connectivity index (χ4n) is 2.07. The largest absolute Gasteiger partial charge is 0.494 e. The van der Waals surface area contributed by atoms with E-state index in [0.29, 0.717) is 23.4 Å². The Kier molecular flexibility index (Phi) is 5.67. The normalized spacial score (nSPS) is 13.2. The Labute approximate surface area is 138 Å². The van der Waals surface area contributed by atoms with E-state index in [1.165, 1.54) is 0 Å². The first-order chi connectivity index (χ1) is 10.2. The molecule has 0 fully saturated rings. The van der Waals surface area contributed by atoms with Crippen LogP contribution in [0.25, 0.3) is 0 Å². The molecule has 0 aliphatic rings. The summed E-state index contributed by atoms with van der Waals surface area (Å²) in [4.78, 5) is 0. The first-order valence-electron chi connectivity index (χ1n) is 6.61. The number of para-hydroxylation sites is 1. The van der Waals surface area contributed by atoms with Crippen molar-refractivity contribution in [3.05, 3.63) is 65.2 Å². The molecule has 0 aromatic heterocycles. The molecule has 2 rings (SSSR count). The maximum Gasteiger partial charge on any atom is 0.119 e. The average Bonchev–Trinajstić information content (AvgIpc) is 2.54. The first kappa shape index (κ1) is 15.9.